The Balaban J connectivity index is 2.27. The van der Waals surface area contributed by atoms with Crippen molar-refractivity contribution >= 4 is 15.9 Å². The van der Waals surface area contributed by atoms with Gasteiger partial charge in [0.25, 0.3) is 0 Å². The van der Waals surface area contributed by atoms with Crippen molar-refractivity contribution in [1.82, 2.24) is 0 Å². The molecule has 0 spiro atoms. The van der Waals surface area contributed by atoms with Gasteiger partial charge >= 0.3 is 0 Å². The van der Waals surface area contributed by atoms with Gasteiger partial charge in [-0.05, 0) is 71.2 Å². The topological polar surface area (TPSA) is 44.5 Å². The number of halogens is 1. The van der Waals surface area contributed by atoms with Crippen LogP contribution in [0.5, 0.6) is 17.2 Å². The van der Waals surface area contributed by atoms with E-state index in [1.54, 1.807) is 7.11 Å². The molecule has 2 N–H and O–H groups in total. The molecule has 20 heavy (non-hydrogen) atoms. The lowest BCUT2D eigenvalue weighted by Crippen LogP contribution is -2.03. The van der Waals surface area contributed by atoms with Crippen LogP contribution in [-0.2, 0) is 6.42 Å². The minimum atomic E-state index is 0.634. The molecule has 0 saturated heterocycles. The summed E-state index contributed by atoms with van der Waals surface area (Å²) in [7, 11) is 1.64. The Kier molecular flexibility index (Phi) is 5.04. The Hall–Kier alpha value is -1.52. The van der Waals surface area contributed by atoms with Gasteiger partial charge in [-0.25, -0.2) is 0 Å². The minimum absolute atomic E-state index is 0.634. The van der Waals surface area contributed by atoms with E-state index in [0.717, 1.165) is 33.7 Å². The number of benzene rings is 2. The van der Waals surface area contributed by atoms with E-state index in [1.165, 1.54) is 5.56 Å². The molecule has 2 aromatic rings. The Morgan fingerprint density at radius 2 is 1.90 bits per heavy atom. The van der Waals surface area contributed by atoms with Crippen molar-refractivity contribution in [2.45, 2.75) is 13.3 Å². The SMILES string of the molecule is COc1ccc(Oc2cc(CCN)ccc2C)c(Br)c1. The van der Waals surface area contributed by atoms with E-state index in [4.69, 9.17) is 15.2 Å². The number of rotatable bonds is 5. The lowest BCUT2D eigenvalue weighted by molar-refractivity contribution is 0.412. The van der Waals surface area contributed by atoms with Crippen LogP contribution in [0, 0.1) is 6.92 Å². The molecule has 0 aliphatic carbocycles. The molecular weight excluding hydrogens is 318 g/mol. The Morgan fingerprint density at radius 1 is 1.10 bits per heavy atom. The number of aryl methyl sites for hydroxylation is 1. The van der Waals surface area contributed by atoms with Gasteiger partial charge in [0.1, 0.15) is 17.2 Å². The van der Waals surface area contributed by atoms with Crippen molar-refractivity contribution < 1.29 is 9.47 Å². The van der Waals surface area contributed by atoms with Crippen LogP contribution in [-0.4, -0.2) is 13.7 Å². The van der Waals surface area contributed by atoms with Crippen LogP contribution in [0.2, 0.25) is 0 Å². The third-order valence-corrected chi connectivity index (χ3v) is 3.66. The van der Waals surface area contributed by atoms with E-state index in [1.807, 2.05) is 31.2 Å². The molecule has 106 valence electrons. The lowest BCUT2D eigenvalue weighted by atomic mass is 10.1. The van der Waals surface area contributed by atoms with Crippen LogP contribution in [0.3, 0.4) is 0 Å². The second-order valence-corrected chi connectivity index (χ2v) is 5.39. The summed E-state index contributed by atoms with van der Waals surface area (Å²) in [5.41, 5.74) is 7.86. The van der Waals surface area contributed by atoms with Crippen molar-refractivity contribution in [2.24, 2.45) is 5.73 Å². The Labute approximate surface area is 127 Å². The fraction of sp³-hybridized carbons (Fsp3) is 0.250. The normalized spacial score (nSPS) is 10.4. The number of hydrogen-bond acceptors (Lipinski definition) is 3. The van der Waals surface area contributed by atoms with E-state index >= 15 is 0 Å². The highest BCUT2D eigenvalue weighted by Crippen LogP contribution is 2.34. The first kappa shape index (κ1) is 14.9. The molecule has 2 aromatic carbocycles. The lowest BCUT2D eigenvalue weighted by Gasteiger charge is -2.12. The summed E-state index contributed by atoms with van der Waals surface area (Å²) >= 11 is 3.49. The summed E-state index contributed by atoms with van der Waals surface area (Å²) in [6.07, 6.45) is 0.848. The van der Waals surface area contributed by atoms with Gasteiger partial charge < -0.3 is 15.2 Å². The fourth-order valence-electron chi connectivity index (χ4n) is 1.89. The first-order chi connectivity index (χ1) is 9.63. The maximum atomic E-state index is 5.98. The summed E-state index contributed by atoms with van der Waals surface area (Å²) in [6, 6.07) is 11.8. The van der Waals surface area contributed by atoms with Crippen LogP contribution >= 0.6 is 15.9 Å². The number of hydrogen-bond donors (Lipinski definition) is 1. The molecule has 0 amide bonds. The van der Waals surface area contributed by atoms with E-state index in [-0.39, 0.29) is 0 Å². The predicted octanol–water partition coefficient (Wildman–Crippen LogP) is 4.06. The van der Waals surface area contributed by atoms with Crippen LogP contribution in [0.25, 0.3) is 0 Å². The molecule has 0 heterocycles. The van der Waals surface area contributed by atoms with Gasteiger partial charge in [-0.1, -0.05) is 12.1 Å². The van der Waals surface area contributed by atoms with Crippen molar-refractivity contribution in [2.75, 3.05) is 13.7 Å². The summed E-state index contributed by atoms with van der Waals surface area (Å²) < 4.78 is 12.0. The standard InChI is InChI=1S/C16H18BrNO2/c1-11-3-4-12(7-8-18)9-16(11)20-15-6-5-13(19-2)10-14(15)17/h3-6,9-10H,7-8,18H2,1-2H3. The molecule has 0 aromatic heterocycles. The summed E-state index contributed by atoms with van der Waals surface area (Å²) in [4.78, 5) is 0. The average molecular weight is 336 g/mol. The highest BCUT2D eigenvalue weighted by molar-refractivity contribution is 9.10. The molecule has 4 heteroatoms. The van der Waals surface area contributed by atoms with Crippen LogP contribution in [0.1, 0.15) is 11.1 Å². The number of methoxy groups -OCH3 is 1. The molecule has 0 bridgehead atoms. The summed E-state index contributed by atoms with van der Waals surface area (Å²) in [6.45, 7) is 2.66. The van der Waals surface area contributed by atoms with E-state index in [9.17, 15) is 0 Å². The second kappa shape index (κ2) is 6.77. The minimum Gasteiger partial charge on any atom is -0.497 e. The highest BCUT2D eigenvalue weighted by atomic mass is 79.9. The number of ether oxygens (including phenoxy) is 2. The molecule has 0 unspecified atom stereocenters. The van der Waals surface area contributed by atoms with Gasteiger partial charge in [-0.3, -0.25) is 0 Å². The third-order valence-electron chi connectivity index (χ3n) is 3.04. The summed E-state index contributed by atoms with van der Waals surface area (Å²) in [5.74, 6) is 2.40. The largest absolute Gasteiger partial charge is 0.497 e. The maximum absolute atomic E-state index is 5.98. The van der Waals surface area contributed by atoms with Gasteiger partial charge in [-0.15, -0.1) is 0 Å². The van der Waals surface area contributed by atoms with Crippen molar-refractivity contribution in [3.05, 3.63) is 52.0 Å². The van der Waals surface area contributed by atoms with Crippen molar-refractivity contribution in [3.63, 3.8) is 0 Å². The zero-order valence-corrected chi connectivity index (χ0v) is 13.2. The molecule has 3 nitrogen and oxygen atoms in total. The average Bonchev–Trinajstić information content (AvgIpc) is 2.44. The van der Waals surface area contributed by atoms with Gasteiger partial charge in [0.2, 0.25) is 0 Å². The van der Waals surface area contributed by atoms with Gasteiger partial charge in [-0.2, -0.15) is 0 Å². The quantitative estimate of drug-likeness (QED) is 0.896. The molecule has 0 fully saturated rings. The number of nitrogens with two attached hydrogens (primary N) is 1. The van der Waals surface area contributed by atoms with Gasteiger partial charge in [0.15, 0.2) is 0 Å². The third kappa shape index (κ3) is 3.52. The fourth-order valence-corrected chi connectivity index (χ4v) is 2.33. The molecule has 2 rings (SSSR count). The predicted molar refractivity (Wildman–Crippen MR) is 84.7 cm³/mol. The van der Waals surface area contributed by atoms with E-state index < -0.39 is 0 Å². The molecule has 0 radical (unpaired) electrons. The van der Waals surface area contributed by atoms with E-state index in [2.05, 4.69) is 28.1 Å². The van der Waals surface area contributed by atoms with E-state index in [0.29, 0.717) is 6.54 Å². The molecule has 0 aliphatic heterocycles. The van der Waals surface area contributed by atoms with Crippen LogP contribution in [0.4, 0.5) is 0 Å². The van der Waals surface area contributed by atoms with Crippen LogP contribution < -0.4 is 15.2 Å². The zero-order valence-electron chi connectivity index (χ0n) is 11.7. The van der Waals surface area contributed by atoms with Crippen molar-refractivity contribution in [1.29, 1.82) is 0 Å². The van der Waals surface area contributed by atoms with Crippen LogP contribution in [0.15, 0.2) is 40.9 Å². The maximum Gasteiger partial charge on any atom is 0.141 e. The highest BCUT2D eigenvalue weighted by Gasteiger charge is 2.07. The monoisotopic (exact) mass is 335 g/mol. The zero-order chi connectivity index (χ0) is 14.5. The molecule has 0 saturated carbocycles. The Morgan fingerprint density at radius 3 is 2.55 bits per heavy atom. The second-order valence-electron chi connectivity index (χ2n) is 4.54. The van der Waals surface area contributed by atoms with Gasteiger partial charge in [0, 0.05) is 0 Å². The molecule has 0 atom stereocenters. The molecule has 0 aliphatic rings. The molecular formula is C16H18BrNO2. The van der Waals surface area contributed by atoms with Crippen molar-refractivity contribution in [3.8, 4) is 17.2 Å². The Bertz CT molecular complexity index is 599. The first-order valence-corrected chi connectivity index (χ1v) is 7.24. The first-order valence-electron chi connectivity index (χ1n) is 6.45. The van der Waals surface area contributed by atoms with Gasteiger partial charge in [0.05, 0.1) is 11.6 Å². The smallest absolute Gasteiger partial charge is 0.141 e. The summed E-state index contributed by atoms with van der Waals surface area (Å²) in [5, 5.41) is 0.